The number of carbonyl (C=O) groups is 2. The lowest BCUT2D eigenvalue weighted by Crippen LogP contribution is -2.56. The van der Waals surface area contributed by atoms with E-state index in [4.69, 9.17) is 0 Å². The van der Waals surface area contributed by atoms with Gasteiger partial charge in [-0.25, -0.2) is 8.42 Å². The highest BCUT2D eigenvalue weighted by Gasteiger charge is 2.38. The number of carbonyl (C=O) groups excluding carboxylic acids is 1. The molecule has 3 heterocycles. The molecule has 36 heavy (non-hydrogen) atoms. The van der Waals surface area contributed by atoms with Gasteiger partial charge in [0.2, 0.25) is 15.9 Å². The molecule has 1 aliphatic heterocycles. The molecule has 0 spiro atoms. The SMILES string of the molecule is CC(C(=O)O)C1CCCCN1C(=O)C(CCn1cccc1C#N)NS(=O)(=O)c1cccc2[nH]ccc12. The van der Waals surface area contributed by atoms with E-state index >= 15 is 0 Å². The quantitative estimate of drug-likeness (QED) is 0.402. The van der Waals surface area contributed by atoms with Crippen LogP contribution in [0, 0.1) is 17.2 Å². The van der Waals surface area contributed by atoms with Gasteiger partial charge >= 0.3 is 5.97 Å². The lowest BCUT2D eigenvalue weighted by molar-refractivity contribution is -0.148. The molecule has 2 aromatic heterocycles. The van der Waals surface area contributed by atoms with Gasteiger partial charge in [0, 0.05) is 42.4 Å². The van der Waals surface area contributed by atoms with Crippen molar-refractivity contribution >= 4 is 32.8 Å². The number of nitriles is 1. The number of nitrogens with one attached hydrogen (secondary N) is 2. The zero-order chi connectivity index (χ0) is 25.9. The standard InChI is InChI=1S/C25H29N5O5S/c1-17(25(32)33)22-8-2-3-14-30(22)24(31)21(11-15-29-13-5-6-18(29)16-26)28-36(34,35)23-9-4-7-20-19(23)10-12-27-20/h4-7,9-10,12-13,17,21-22,27-28H,2-3,8,11,14-15H2,1H3,(H,32,33). The maximum atomic E-state index is 13.8. The number of benzene rings is 1. The molecule has 1 aromatic carbocycles. The second-order valence-electron chi connectivity index (χ2n) is 9.08. The highest BCUT2D eigenvalue weighted by molar-refractivity contribution is 7.89. The first kappa shape index (κ1) is 25.5. The van der Waals surface area contributed by atoms with E-state index in [0.29, 0.717) is 36.0 Å². The number of aromatic amines is 1. The number of H-pyrrole nitrogens is 1. The Hall–Kier alpha value is -3.62. The summed E-state index contributed by atoms with van der Waals surface area (Å²) in [6.45, 7) is 2.17. The lowest BCUT2D eigenvalue weighted by atomic mass is 9.90. The van der Waals surface area contributed by atoms with Gasteiger partial charge in [-0.05, 0) is 62.9 Å². The molecule has 11 heteroatoms. The van der Waals surface area contributed by atoms with Gasteiger partial charge in [0.15, 0.2) is 0 Å². The largest absolute Gasteiger partial charge is 0.481 e. The molecular formula is C25H29N5O5S. The predicted octanol–water partition coefficient (Wildman–Crippen LogP) is 2.68. The summed E-state index contributed by atoms with van der Waals surface area (Å²) in [5.74, 6) is -2.24. The van der Waals surface area contributed by atoms with Crippen LogP contribution in [0.25, 0.3) is 10.9 Å². The van der Waals surface area contributed by atoms with Gasteiger partial charge in [-0.15, -0.1) is 0 Å². The molecule has 3 N–H and O–H groups in total. The van der Waals surface area contributed by atoms with Crippen molar-refractivity contribution in [2.45, 2.75) is 56.1 Å². The summed E-state index contributed by atoms with van der Waals surface area (Å²) < 4.78 is 31.3. The number of aryl methyl sites for hydroxylation is 1. The Morgan fingerprint density at radius 3 is 2.81 bits per heavy atom. The smallest absolute Gasteiger partial charge is 0.308 e. The number of hydrogen-bond acceptors (Lipinski definition) is 5. The summed E-state index contributed by atoms with van der Waals surface area (Å²) in [6.07, 6.45) is 5.49. The van der Waals surface area contributed by atoms with E-state index in [1.54, 1.807) is 54.2 Å². The van der Waals surface area contributed by atoms with Crippen molar-refractivity contribution < 1.29 is 23.1 Å². The Morgan fingerprint density at radius 2 is 2.06 bits per heavy atom. The van der Waals surface area contributed by atoms with Crippen molar-refractivity contribution in [3.63, 3.8) is 0 Å². The minimum atomic E-state index is -4.11. The second-order valence-corrected chi connectivity index (χ2v) is 10.8. The Morgan fingerprint density at radius 1 is 1.25 bits per heavy atom. The van der Waals surface area contributed by atoms with Crippen molar-refractivity contribution in [3.05, 3.63) is 54.5 Å². The molecule has 1 saturated heterocycles. The van der Waals surface area contributed by atoms with Crippen LogP contribution in [0.3, 0.4) is 0 Å². The van der Waals surface area contributed by atoms with Crippen molar-refractivity contribution in [2.24, 2.45) is 5.92 Å². The van der Waals surface area contributed by atoms with E-state index in [1.807, 2.05) is 0 Å². The van der Waals surface area contributed by atoms with E-state index in [0.717, 1.165) is 6.42 Å². The van der Waals surface area contributed by atoms with Gasteiger partial charge in [0.1, 0.15) is 17.8 Å². The Bertz CT molecular complexity index is 1400. The number of amides is 1. The fourth-order valence-electron chi connectivity index (χ4n) is 4.87. The molecule has 1 aliphatic rings. The van der Waals surface area contributed by atoms with Crippen molar-refractivity contribution in [2.75, 3.05) is 6.54 Å². The third kappa shape index (κ3) is 5.15. The molecule has 0 bridgehead atoms. The molecule has 4 rings (SSSR count). The van der Waals surface area contributed by atoms with E-state index < -0.39 is 39.9 Å². The van der Waals surface area contributed by atoms with Gasteiger partial charge in [-0.3, -0.25) is 9.59 Å². The molecule has 10 nitrogen and oxygen atoms in total. The van der Waals surface area contributed by atoms with Crippen molar-refractivity contribution in [3.8, 4) is 6.07 Å². The van der Waals surface area contributed by atoms with Crippen LogP contribution < -0.4 is 4.72 Å². The number of sulfonamides is 1. The molecule has 1 fully saturated rings. The number of aliphatic carboxylic acids is 1. The second kappa shape index (κ2) is 10.6. The van der Waals surface area contributed by atoms with E-state index in [9.17, 15) is 28.4 Å². The third-order valence-electron chi connectivity index (χ3n) is 6.84. The number of rotatable bonds is 9. The molecule has 1 amide bonds. The van der Waals surface area contributed by atoms with Crippen LogP contribution in [0.2, 0.25) is 0 Å². The molecule has 3 atom stereocenters. The van der Waals surface area contributed by atoms with E-state index in [1.165, 1.54) is 11.0 Å². The number of likely N-dealkylation sites (tertiary alicyclic amines) is 1. The van der Waals surface area contributed by atoms with Gasteiger partial charge in [0.25, 0.3) is 0 Å². The fourth-order valence-corrected chi connectivity index (χ4v) is 6.31. The van der Waals surface area contributed by atoms with Gasteiger partial charge in [-0.1, -0.05) is 6.07 Å². The van der Waals surface area contributed by atoms with Crippen LogP contribution >= 0.6 is 0 Å². The molecule has 0 radical (unpaired) electrons. The maximum absolute atomic E-state index is 13.8. The Balaban J connectivity index is 1.66. The Labute approximate surface area is 209 Å². The Kier molecular flexibility index (Phi) is 7.47. The summed E-state index contributed by atoms with van der Waals surface area (Å²) in [7, 11) is -4.11. The third-order valence-corrected chi connectivity index (χ3v) is 8.37. The zero-order valence-electron chi connectivity index (χ0n) is 19.9. The van der Waals surface area contributed by atoms with Crippen LogP contribution in [0.4, 0.5) is 0 Å². The summed E-state index contributed by atoms with van der Waals surface area (Å²) in [5, 5.41) is 19.4. The summed E-state index contributed by atoms with van der Waals surface area (Å²) >= 11 is 0. The highest BCUT2D eigenvalue weighted by atomic mass is 32.2. The van der Waals surface area contributed by atoms with Crippen LogP contribution in [-0.2, 0) is 26.2 Å². The predicted molar refractivity (Wildman–Crippen MR) is 132 cm³/mol. The number of piperidine rings is 1. The molecule has 0 aliphatic carbocycles. The normalized spacial score (nSPS) is 18.0. The van der Waals surface area contributed by atoms with E-state index in [2.05, 4.69) is 15.8 Å². The number of fused-ring (bicyclic) bond motifs is 1. The van der Waals surface area contributed by atoms with Gasteiger partial charge < -0.3 is 19.6 Å². The van der Waals surface area contributed by atoms with Crippen molar-refractivity contribution in [1.82, 2.24) is 19.2 Å². The molecular weight excluding hydrogens is 482 g/mol. The molecule has 0 saturated carbocycles. The molecule has 3 unspecified atom stereocenters. The first-order valence-electron chi connectivity index (χ1n) is 11.9. The zero-order valence-corrected chi connectivity index (χ0v) is 20.7. The van der Waals surface area contributed by atoms with Crippen LogP contribution in [0.5, 0.6) is 0 Å². The molecule has 190 valence electrons. The van der Waals surface area contributed by atoms with Crippen LogP contribution in [0.15, 0.2) is 53.7 Å². The van der Waals surface area contributed by atoms with E-state index in [-0.39, 0.29) is 17.9 Å². The average Bonchev–Trinajstić information content (AvgIpc) is 3.54. The van der Waals surface area contributed by atoms with Gasteiger partial charge in [0.05, 0.1) is 10.8 Å². The first-order chi connectivity index (χ1) is 17.2. The average molecular weight is 512 g/mol. The maximum Gasteiger partial charge on any atom is 0.308 e. The topological polar surface area (TPSA) is 148 Å². The number of carboxylic acids is 1. The van der Waals surface area contributed by atoms with Crippen molar-refractivity contribution in [1.29, 1.82) is 5.26 Å². The minimum Gasteiger partial charge on any atom is -0.481 e. The minimum absolute atomic E-state index is 0.0480. The lowest BCUT2D eigenvalue weighted by Gasteiger charge is -2.39. The number of aromatic nitrogens is 2. The highest BCUT2D eigenvalue weighted by Crippen LogP contribution is 2.26. The summed E-state index contributed by atoms with van der Waals surface area (Å²) in [4.78, 5) is 30.1. The van der Waals surface area contributed by atoms with Crippen LogP contribution in [-0.4, -0.2) is 58.5 Å². The fraction of sp³-hybridized carbons (Fsp3) is 0.400. The monoisotopic (exact) mass is 511 g/mol. The summed E-state index contributed by atoms with van der Waals surface area (Å²) in [6, 6.07) is 10.3. The molecule has 3 aromatic rings. The number of carboxylic acid groups (broad SMARTS) is 1. The number of hydrogen-bond donors (Lipinski definition) is 3. The van der Waals surface area contributed by atoms with Crippen LogP contribution in [0.1, 0.15) is 38.3 Å². The summed E-state index contributed by atoms with van der Waals surface area (Å²) in [5.41, 5.74) is 1.05. The first-order valence-corrected chi connectivity index (χ1v) is 13.4. The number of nitrogens with zero attached hydrogens (tertiary/aromatic N) is 3. The van der Waals surface area contributed by atoms with Gasteiger partial charge in [-0.2, -0.15) is 9.98 Å².